The second kappa shape index (κ2) is 5.82. The van der Waals surface area contributed by atoms with E-state index in [9.17, 15) is 13.9 Å². The van der Waals surface area contributed by atoms with Gasteiger partial charge >= 0.3 is 0 Å². The maximum absolute atomic E-state index is 14.1. The van der Waals surface area contributed by atoms with E-state index >= 15 is 0 Å². The Balaban J connectivity index is 2.54. The first-order chi connectivity index (χ1) is 9.84. The van der Waals surface area contributed by atoms with Crippen LogP contribution in [0.2, 0.25) is 0 Å². The van der Waals surface area contributed by atoms with Gasteiger partial charge in [-0.2, -0.15) is 5.10 Å². The van der Waals surface area contributed by atoms with E-state index in [1.54, 1.807) is 6.92 Å². The molecule has 0 bridgehead atoms. The third-order valence-corrected chi connectivity index (χ3v) is 3.76. The van der Waals surface area contributed by atoms with Crippen molar-refractivity contribution in [2.24, 2.45) is 11.7 Å². The highest BCUT2D eigenvalue weighted by molar-refractivity contribution is 7.80. The first kappa shape index (κ1) is 15.5. The summed E-state index contributed by atoms with van der Waals surface area (Å²) in [7, 11) is 0. The van der Waals surface area contributed by atoms with E-state index < -0.39 is 23.2 Å². The number of nitrogens with zero attached hydrogens (tertiary/aromatic N) is 3. The van der Waals surface area contributed by atoms with Gasteiger partial charge in [0.15, 0.2) is 0 Å². The van der Waals surface area contributed by atoms with Crippen LogP contribution in [-0.2, 0) is 12.1 Å². The van der Waals surface area contributed by atoms with Gasteiger partial charge in [-0.05, 0) is 18.2 Å². The maximum atomic E-state index is 14.1. The number of thiocarbonyl (C=S) groups is 1. The summed E-state index contributed by atoms with van der Waals surface area (Å²) >= 11 is 4.89. The molecule has 2 aromatic rings. The van der Waals surface area contributed by atoms with Crippen LogP contribution in [-0.4, -0.2) is 24.9 Å². The van der Waals surface area contributed by atoms with E-state index in [1.807, 2.05) is 0 Å². The van der Waals surface area contributed by atoms with Crippen LogP contribution in [0.5, 0.6) is 0 Å². The molecule has 0 aliphatic heterocycles. The average Bonchev–Trinajstić information content (AvgIpc) is 2.93. The molecule has 0 amide bonds. The molecule has 3 N–H and O–H groups in total. The Kier molecular flexibility index (Phi) is 4.29. The Morgan fingerprint density at radius 3 is 2.81 bits per heavy atom. The quantitative estimate of drug-likeness (QED) is 0.815. The number of benzene rings is 1. The lowest BCUT2D eigenvalue weighted by Crippen LogP contribution is -2.44. The van der Waals surface area contributed by atoms with E-state index in [2.05, 4.69) is 10.1 Å². The molecule has 0 aliphatic rings. The summed E-state index contributed by atoms with van der Waals surface area (Å²) in [5.41, 5.74) is 3.52. The smallest absolute Gasteiger partial charge is 0.137 e. The zero-order valence-corrected chi connectivity index (χ0v) is 12.0. The molecule has 2 rings (SSSR count). The van der Waals surface area contributed by atoms with E-state index in [0.29, 0.717) is 0 Å². The van der Waals surface area contributed by atoms with Gasteiger partial charge in [0.05, 0.1) is 11.5 Å². The third-order valence-electron chi connectivity index (χ3n) is 3.41. The van der Waals surface area contributed by atoms with Crippen molar-refractivity contribution in [3.8, 4) is 0 Å². The van der Waals surface area contributed by atoms with Gasteiger partial charge in [0.1, 0.15) is 29.9 Å². The highest BCUT2D eigenvalue weighted by Gasteiger charge is 2.40. The Morgan fingerprint density at radius 1 is 1.52 bits per heavy atom. The lowest BCUT2D eigenvalue weighted by molar-refractivity contribution is -0.0155. The first-order valence-corrected chi connectivity index (χ1v) is 6.55. The molecule has 0 saturated carbocycles. The van der Waals surface area contributed by atoms with Gasteiger partial charge in [-0.25, -0.2) is 18.4 Å². The van der Waals surface area contributed by atoms with Crippen LogP contribution in [0.4, 0.5) is 8.78 Å². The topological polar surface area (TPSA) is 77.0 Å². The molecule has 1 aromatic carbocycles. The van der Waals surface area contributed by atoms with Crippen molar-refractivity contribution in [2.75, 3.05) is 0 Å². The maximum Gasteiger partial charge on any atom is 0.137 e. The highest BCUT2D eigenvalue weighted by atomic mass is 32.1. The van der Waals surface area contributed by atoms with Crippen molar-refractivity contribution in [2.45, 2.75) is 19.1 Å². The van der Waals surface area contributed by atoms with Crippen LogP contribution >= 0.6 is 12.2 Å². The summed E-state index contributed by atoms with van der Waals surface area (Å²) in [6.07, 6.45) is 2.63. The number of aliphatic hydroxyl groups is 1. The summed E-state index contributed by atoms with van der Waals surface area (Å²) in [6.45, 7) is 1.38. The predicted octanol–water partition coefficient (Wildman–Crippen LogP) is 1.37. The zero-order chi connectivity index (χ0) is 15.6. The van der Waals surface area contributed by atoms with Crippen LogP contribution in [0, 0.1) is 17.6 Å². The van der Waals surface area contributed by atoms with Gasteiger partial charge in [-0.1, -0.05) is 19.1 Å². The minimum Gasteiger partial charge on any atom is -0.393 e. The van der Waals surface area contributed by atoms with Gasteiger partial charge in [0.25, 0.3) is 0 Å². The molecule has 1 aromatic heterocycles. The molecule has 0 spiro atoms. The minimum absolute atomic E-state index is 0.0127. The van der Waals surface area contributed by atoms with Gasteiger partial charge in [-0.3, -0.25) is 0 Å². The minimum atomic E-state index is -1.84. The summed E-state index contributed by atoms with van der Waals surface area (Å²) in [5.74, 6) is -2.21. The van der Waals surface area contributed by atoms with Crippen LogP contribution in [0.3, 0.4) is 0 Å². The van der Waals surface area contributed by atoms with E-state index in [4.69, 9.17) is 18.0 Å². The Morgan fingerprint density at radius 2 is 2.24 bits per heavy atom. The normalized spacial score (nSPS) is 15.4. The van der Waals surface area contributed by atoms with Gasteiger partial charge in [0.2, 0.25) is 0 Å². The number of halogens is 2. The fourth-order valence-corrected chi connectivity index (χ4v) is 2.28. The molecular formula is C13H14F2N4OS. The molecule has 0 aliphatic carbocycles. The highest BCUT2D eigenvalue weighted by Crippen LogP contribution is 2.34. The number of hydrogen-bond donors (Lipinski definition) is 2. The molecule has 0 radical (unpaired) electrons. The SMILES string of the molecule is C[C@@H](C(N)=S)[C@](O)(Cn1cncn1)c1cc(F)ccc1F. The lowest BCUT2D eigenvalue weighted by Gasteiger charge is -2.34. The van der Waals surface area contributed by atoms with Crippen LogP contribution < -0.4 is 5.73 Å². The molecule has 1 heterocycles. The molecule has 0 unspecified atom stereocenters. The Bertz CT molecular complexity index is 650. The van der Waals surface area contributed by atoms with E-state index in [-0.39, 0.29) is 17.1 Å². The number of rotatable bonds is 5. The predicted molar refractivity (Wildman–Crippen MR) is 76.2 cm³/mol. The van der Waals surface area contributed by atoms with Gasteiger partial charge in [-0.15, -0.1) is 0 Å². The standard InChI is InChI=1S/C13H14F2N4OS/c1-8(12(16)21)13(20,5-19-7-17-6-18-19)10-4-9(14)2-3-11(10)15/h2-4,6-8,20H,5H2,1H3,(H2,16,21)/t8-,13+/m0/s1. The largest absolute Gasteiger partial charge is 0.393 e. The van der Waals surface area contributed by atoms with Gasteiger partial charge in [0, 0.05) is 11.5 Å². The van der Waals surface area contributed by atoms with Crippen molar-refractivity contribution >= 4 is 17.2 Å². The Hall–Kier alpha value is -1.93. The molecule has 21 heavy (non-hydrogen) atoms. The van der Waals surface area contributed by atoms with E-state index in [0.717, 1.165) is 18.2 Å². The summed E-state index contributed by atoms with van der Waals surface area (Å²) in [6, 6.07) is 2.85. The second-order valence-electron chi connectivity index (χ2n) is 4.77. The summed E-state index contributed by atoms with van der Waals surface area (Å²) in [4.78, 5) is 3.74. The van der Waals surface area contributed by atoms with Gasteiger partial charge < -0.3 is 10.8 Å². The fourth-order valence-electron chi connectivity index (χ4n) is 2.08. The molecule has 0 fully saturated rings. The number of hydrogen-bond acceptors (Lipinski definition) is 4. The zero-order valence-electron chi connectivity index (χ0n) is 11.2. The third kappa shape index (κ3) is 3.06. The number of aromatic nitrogens is 3. The van der Waals surface area contributed by atoms with E-state index in [1.165, 1.54) is 17.3 Å². The van der Waals surface area contributed by atoms with Crippen molar-refractivity contribution in [1.82, 2.24) is 14.8 Å². The van der Waals surface area contributed by atoms with Crippen molar-refractivity contribution < 1.29 is 13.9 Å². The number of nitrogens with two attached hydrogens (primary N) is 1. The second-order valence-corrected chi connectivity index (χ2v) is 5.24. The van der Waals surface area contributed by atoms with Crippen molar-refractivity contribution in [3.63, 3.8) is 0 Å². The lowest BCUT2D eigenvalue weighted by atomic mass is 9.81. The van der Waals surface area contributed by atoms with Crippen LogP contribution in [0.25, 0.3) is 0 Å². The molecule has 2 atom stereocenters. The van der Waals surface area contributed by atoms with Crippen molar-refractivity contribution in [1.29, 1.82) is 0 Å². The summed E-state index contributed by atoms with van der Waals surface area (Å²) in [5, 5.41) is 14.8. The van der Waals surface area contributed by atoms with Crippen LogP contribution in [0.1, 0.15) is 12.5 Å². The monoisotopic (exact) mass is 312 g/mol. The molecule has 5 nitrogen and oxygen atoms in total. The Labute approximate surface area is 125 Å². The first-order valence-electron chi connectivity index (χ1n) is 6.14. The molecule has 8 heteroatoms. The molecule has 0 saturated heterocycles. The summed E-state index contributed by atoms with van der Waals surface area (Å²) < 4.78 is 28.8. The van der Waals surface area contributed by atoms with Crippen LogP contribution in [0.15, 0.2) is 30.9 Å². The van der Waals surface area contributed by atoms with Crippen molar-refractivity contribution in [3.05, 3.63) is 48.1 Å². The fraction of sp³-hybridized carbons (Fsp3) is 0.308. The molecule has 112 valence electrons. The average molecular weight is 312 g/mol. The molecular weight excluding hydrogens is 298 g/mol.